The number of nitrogens with one attached hydrogen (secondary N) is 1. The van der Waals surface area contributed by atoms with Crippen LogP contribution >= 0.6 is 0 Å². The van der Waals surface area contributed by atoms with Gasteiger partial charge in [0.15, 0.2) is 0 Å². The van der Waals surface area contributed by atoms with E-state index >= 15 is 0 Å². The van der Waals surface area contributed by atoms with E-state index in [9.17, 15) is 8.42 Å². The molecule has 0 aromatic carbocycles. The summed E-state index contributed by atoms with van der Waals surface area (Å²) in [6, 6.07) is 0. The van der Waals surface area contributed by atoms with Crippen molar-refractivity contribution >= 4 is 10.0 Å². The van der Waals surface area contributed by atoms with Crippen molar-refractivity contribution in [1.82, 2.24) is 9.62 Å². The molecule has 0 radical (unpaired) electrons. The van der Waals surface area contributed by atoms with Gasteiger partial charge in [0.2, 0.25) is 10.0 Å². The lowest BCUT2D eigenvalue weighted by atomic mass is 9.98. The maximum Gasteiger partial charge on any atom is 0.214 e. The van der Waals surface area contributed by atoms with Crippen LogP contribution in [0.2, 0.25) is 0 Å². The molecule has 1 N–H and O–H groups in total. The van der Waals surface area contributed by atoms with E-state index in [-0.39, 0.29) is 11.3 Å². The van der Waals surface area contributed by atoms with Crippen LogP contribution in [0.15, 0.2) is 0 Å². The summed E-state index contributed by atoms with van der Waals surface area (Å²) in [6.07, 6.45) is 2.63. The fourth-order valence-corrected chi connectivity index (χ4v) is 4.00. The second kappa shape index (κ2) is 7.73. The zero-order valence-corrected chi connectivity index (χ0v) is 14.1. The molecule has 1 aliphatic heterocycles. The van der Waals surface area contributed by atoms with Crippen LogP contribution in [0.5, 0.6) is 0 Å². The lowest BCUT2D eigenvalue weighted by Gasteiger charge is -2.33. The van der Waals surface area contributed by atoms with Gasteiger partial charge in [0, 0.05) is 32.3 Å². The van der Waals surface area contributed by atoms with Crippen LogP contribution in [0.3, 0.4) is 0 Å². The van der Waals surface area contributed by atoms with E-state index in [1.165, 1.54) is 0 Å². The monoisotopic (exact) mass is 306 g/mol. The molecule has 120 valence electrons. The van der Waals surface area contributed by atoms with Crippen molar-refractivity contribution in [3.05, 3.63) is 0 Å². The summed E-state index contributed by atoms with van der Waals surface area (Å²) in [6.45, 7) is 9.11. The van der Waals surface area contributed by atoms with Crippen molar-refractivity contribution in [3.8, 4) is 0 Å². The van der Waals surface area contributed by atoms with E-state index in [4.69, 9.17) is 4.74 Å². The van der Waals surface area contributed by atoms with Crippen molar-refractivity contribution in [2.24, 2.45) is 5.92 Å². The van der Waals surface area contributed by atoms with Gasteiger partial charge < -0.3 is 10.1 Å². The minimum Gasteiger partial charge on any atom is -0.385 e. The number of rotatable bonds is 7. The van der Waals surface area contributed by atoms with Crippen LogP contribution < -0.4 is 5.32 Å². The van der Waals surface area contributed by atoms with Gasteiger partial charge in [-0.05, 0) is 52.5 Å². The van der Waals surface area contributed by atoms with Crippen molar-refractivity contribution in [1.29, 1.82) is 0 Å². The highest BCUT2D eigenvalue weighted by molar-refractivity contribution is 7.89. The Morgan fingerprint density at radius 3 is 2.65 bits per heavy atom. The number of nitrogens with zero attached hydrogens (tertiary/aromatic N) is 1. The van der Waals surface area contributed by atoms with Crippen molar-refractivity contribution < 1.29 is 13.2 Å². The molecule has 1 aliphatic rings. The molecule has 1 rings (SSSR count). The summed E-state index contributed by atoms with van der Waals surface area (Å²) >= 11 is 0. The van der Waals surface area contributed by atoms with Gasteiger partial charge in [-0.25, -0.2) is 12.7 Å². The first-order valence-electron chi connectivity index (χ1n) is 7.46. The van der Waals surface area contributed by atoms with Crippen molar-refractivity contribution in [3.63, 3.8) is 0 Å². The second-order valence-corrected chi connectivity index (χ2v) is 8.75. The summed E-state index contributed by atoms with van der Waals surface area (Å²) in [5, 5.41) is 3.47. The molecule has 1 saturated heterocycles. The highest BCUT2D eigenvalue weighted by Gasteiger charge is 2.28. The Kier molecular flexibility index (Phi) is 6.91. The number of sulfonamides is 1. The normalized spacial score (nSPS) is 22.1. The lowest BCUT2D eigenvalue weighted by molar-refractivity contribution is 0.198. The third-order valence-electron chi connectivity index (χ3n) is 3.55. The van der Waals surface area contributed by atoms with E-state index in [1.807, 2.05) is 0 Å². The Morgan fingerprint density at radius 2 is 2.05 bits per heavy atom. The largest absolute Gasteiger partial charge is 0.385 e. The van der Waals surface area contributed by atoms with E-state index in [0.29, 0.717) is 32.0 Å². The van der Waals surface area contributed by atoms with Gasteiger partial charge in [-0.15, -0.1) is 0 Å². The number of hydrogen-bond donors (Lipinski definition) is 1. The average molecular weight is 306 g/mol. The van der Waals surface area contributed by atoms with Gasteiger partial charge in [-0.2, -0.15) is 0 Å². The maximum absolute atomic E-state index is 12.3. The Labute approximate surface area is 124 Å². The molecule has 0 amide bonds. The fourth-order valence-electron chi connectivity index (χ4n) is 2.41. The fraction of sp³-hybridized carbons (Fsp3) is 1.00. The maximum atomic E-state index is 12.3. The molecule has 20 heavy (non-hydrogen) atoms. The molecule has 0 aromatic heterocycles. The molecule has 6 heteroatoms. The molecular weight excluding hydrogens is 276 g/mol. The molecule has 0 saturated carbocycles. The van der Waals surface area contributed by atoms with Gasteiger partial charge in [-0.1, -0.05) is 0 Å². The molecule has 5 nitrogen and oxygen atoms in total. The first kappa shape index (κ1) is 17.9. The smallest absolute Gasteiger partial charge is 0.214 e. The Balaban J connectivity index is 2.47. The lowest BCUT2D eigenvalue weighted by Crippen LogP contribution is -2.46. The average Bonchev–Trinajstić information content (AvgIpc) is 2.36. The molecule has 1 atom stereocenters. The molecule has 1 heterocycles. The van der Waals surface area contributed by atoms with E-state index < -0.39 is 10.0 Å². The van der Waals surface area contributed by atoms with Crippen LogP contribution in [0.25, 0.3) is 0 Å². The van der Waals surface area contributed by atoms with Crippen LogP contribution in [0.4, 0.5) is 0 Å². The molecule has 0 spiro atoms. The number of methoxy groups -OCH3 is 1. The van der Waals surface area contributed by atoms with Crippen LogP contribution in [0, 0.1) is 5.92 Å². The standard InChI is InChI=1S/C14H30N2O3S/c1-14(2,3)15-11-13-7-5-8-16(12-13)20(17,18)10-6-9-19-4/h13,15H,5-12H2,1-4H3. The van der Waals surface area contributed by atoms with Crippen LogP contribution in [0.1, 0.15) is 40.0 Å². The highest BCUT2D eigenvalue weighted by atomic mass is 32.2. The number of ether oxygens (including phenoxy) is 1. The Morgan fingerprint density at radius 1 is 1.35 bits per heavy atom. The topological polar surface area (TPSA) is 58.6 Å². The predicted molar refractivity (Wildman–Crippen MR) is 82.3 cm³/mol. The van der Waals surface area contributed by atoms with Gasteiger partial charge in [0.1, 0.15) is 0 Å². The van der Waals surface area contributed by atoms with E-state index in [0.717, 1.165) is 19.4 Å². The number of hydrogen-bond acceptors (Lipinski definition) is 4. The molecule has 1 fully saturated rings. The van der Waals surface area contributed by atoms with Crippen molar-refractivity contribution in [2.75, 3.05) is 39.1 Å². The first-order chi connectivity index (χ1) is 9.24. The molecule has 1 unspecified atom stereocenters. The zero-order chi connectivity index (χ0) is 15.2. The quantitative estimate of drug-likeness (QED) is 0.723. The van der Waals surface area contributed by atoms with Gasteiger partial charge in [0.05, 0.1) is 5.75 Å². The molecular formula is C14H30N2O3S. The summed E-state index contributed by atoms with van der Waals surface area (Å²) < 4.78 is 31.1. The third kappa shape index (κ3) is 6.52. The first-order valence-corrected chi connectivity index (χ1v) is 9.07. The zero-order valence-electron chi connectivity index (χ0n) is 13.3. The third-order valence-corrected chi connectivity index (χ3v) is 5.47. The van der Waals surface area contributed by atoms with Crippen molar-refractivity contribution in [2.45, 2.75) is 45.6 Å². The second-order valence-electron chi connectivity index (χ2n) is 6.66. The molecule has 0 aliphatic carbocycles. The van der Waals surface area contributed by atoms with E-state index in [2.05, 4.69) is 26.1 Å². The minimum atomic E-state index is -3.12. The van der Waals surface area contributed by atoms with Gasteiger partial charge in [0.25, 0.3) is 0 Å². The van der Waals surface area contributed by atoms with Gasteiger partial charge in [-0.3, -0.25) is 0 Å². The predicted octanol–water partition coefficient (Wildman–Crippen LogP) is 1.45. The SMILES string of the molecule is COCCCS(=O)(=O)N1CCCC(CNC(C)(C)C)C1. The summed E-state index contributed by atoms with van der Waals surface area (Å²) in [7, 11) is -1.52. The Hall–Kier alpha value is -0.170. The van der Waals surface area contributed by atoms with Crippen LogP contribution in [-0.4, -0.2) is 57.4 Å². The Bertz CT molecular complexity index is 376. The minimum absolute atomic E-state index is 0.0830. The van der Waals surface area contributed by atoms with E-state index in [1.54, 1.807) is 11.4 Å². The molecule has 0 bridgehead atoms. The molecule has 0 aromatic rings. The number of piperidine rings is 1. The highest BCUT2D eigenvalue weighted by Crippen LogP contribution is 2.20. The van der Waals surface area contributed by atoms with Crippen LogP contribution in [-0.2, 0) is 14.8 Å². The summed E-state index contributed by atoms with van der Waals surface area (Å²) in [5.41, 5.74) is 0.0830. The summed E-state index contributed by atoms with van der Waals surface area (Å²) in [4.78, 5) is 0. The summed E-state index contributed by atoms with van der Waals surface area (Å²) in [5.74, 6) is 0.612. The van der Waals surface area contributed by atoms with Gasteiger partial charge >= 0.3 is 0 Å².